The zero-order valence-electron chi connectivity index (χ0n) is 12.9. The van der Waals surface area contributed by atoms with Gasteiger partial charge in [0.1, 0.15) is 0 Å². The van der Waals surface area contributed by atoms with E-state index in [9.17, 15) is 4.79 Å². The van der Waals surface area contributed by atoms with E-state index in [1.165, 1.54) is 0 Å². The number of carbonyl (C=O) groups is 1. The molecular weight excluding hydrogens is 332 g/mol. The monoisotopic (exact) mass is 346 g/mol. The maximum absolute atomic E-state index is 11.8. The summed E-state index contributed by atoms with van der Waals surface area (Å²) in [5, 5.41) is 7.07. The molecule has 2 aromatic rings. The highest BCUT2D eigenvalue weighted by Gasteiger charge is 2.14. The molecule has 7 heteroatoms. The van der Waals surface area contributed by atoms with Crippen molar-refractivity contribution in [3.05, 3.63) is 53.1 Å². The van der Waals surface area contributed by atoms with Gasteiger partial charge in [0.2, 0.25) is 6.79 Å². The number of carbonyl (C=O) groups excluding carboxylic acids is 1. The Bertz CT molecular complexity index is 792. The predicted octanol–water partition coefficient (Wildman–Crippen LogP) is 3.45. The van der Waals surface area contributed by atoms with Gasteiger partial charge in [0.25, 0.3) is 5.91 Å². The van der Waals surface area contributed by atoms with Crippen LogP contribution in [-0.4, -0.2) is 25.0 Å². The van der Waals surface area contributed by atoms with Crippen molar-refractivity contribution in [1.29, 1.82) is 0 Å². The first-order valence-electron chi connectivity index (χ1n) is 7.24. The molecule has 0 bridgehead atoms. The van der Waals surface area contributed by atoms with Gasteiger partial charge in [-0.25, -0.2) is 0 Å². The smallest absolute Gasteiger partial charge is 0.265 e. The number of fused-ring (bicyclic) bond motifs is 1. The lowest BCUT2D eigenvalue weighted by molar-refractivity contribution is -0.120. The summed E-state index contributed by atoms with van der Waals surface area (Å²) >= 11 is 5.97. The van der Waals surface area contributed by atoms with Crippen LogP contribution in [0.3, 0.4) is 0 Å². The van der Waals surface area contributed by atoms with Crippen LogP contribution in [0.4, 0.5) is 5.69 Å². The highest BCUT2D eigenvalue weighted by molar-refractivity contribution is 6.33. The Morgan fingerprint density at radius 1 is 1.25 bits per heavy atom. The first-order valence-corrected chi connectivity index (χ1v) is 7.62. The van der Waals surface area contributed by atoms with Crippen molar-refractivity contribution in [1.82, 2.24) is 0 Å². The summed E-state index contributed by atoms with van der Waals surface area (Å²) in [5.41, 5.74) is 1.98. The number of hydrogen-bond acceptors (Lipinski definition) is 5. The van der Waals surface area contributed by atoms with E-state index in [2.05, 4.69) is 10.5 Å². The number of hydrogen-bond donors (Lipinski definition) is 1. The summed E-state index contributed by atoms with van der Waals surface area (Å²) in [5.74, 6) is 1.02. The third kappa shape index (κ3) is 3.78. The Balaban J connectivity index is 1.55. The van der Waals surface area contributed by atoms with Gasteiger partial charge in [0.05, 0.1) is 16.4 Å². The van der Waals surface area contributed by atoms with Crippen LogP contribution in [0.5, 0.6) is 11.5 Å². The summed E-state index contributed by atoms with van der Waals surface area (Å²) in [4.78, 5) is 16.9. The molecule has 3 rings (SSSR count). The van der Waals surface area contributed by atoms with Gasteiger partial charge in [-0.15, -0.1) is 0 Å². The first-order chi connectivity index (χ1) is 11.6. The first kappa shape index (κ1) is 16.1. The average molecular weight is 347 g/mol. The lowest BCUT2D eigenvalue weighted by Crippen LogP contribution is -2.17. The molecule has 0 saturated heterocycles. The molecule has 0 radical (unpaired) electrons. The Hall–Kier alpha value is -2.73. The van der Waals surface area contributed by atoms with Crippen molar-refractivity contribution in [3.8, 4) is 11.5 Å². The Kier molecular flexibility index (Phi) is 4.86. The molecule has 1 aliphatic rings. The van der Waals surface area contributed by atoms with Gasteiger partial charge in [0.15, 0.2) is 18.1 Å². The van der Waals surface area contributed by atoms with Gasteiger partial charge in [-0.3, -0.25) is 4.79 Å². The van der Waals surface area contributed by atoms with Crippen molar-refractivity contribution < 1.29 is 19.1 Å². The van der Waals surface area contributed by atoms with E-state index >= 15 is 0 Å². The molecule has 6 nitrogen and oxygen atoms in total. The number of anilines is 1. The minimum absolute atomic E-state index is 0.215. The summed E-state index contributed by atoms with van der Waals surface area (Å²) in [6.07, 6.45) is 0. The Labute approximate surface area is 144 Å². The topological polar surface area (TPSA) is 69.2 Å². The van der Waals surface area contributed by atoms with Crippen LogP contribution in [0.15, 0.2) is 47.6 Å². The fraction of sp³-hybridized carbons (Fsp3) is 0.176. The second-order valence-corrected chi connectivity index (χ2v) is 5.45. The SMILES string of the molecule is C/C(=N\OCC(=O)Nc1ccccc1Cl)c1ccc2c(c1)OCO2. The number of oxime groups is 1. The standard InChI is InChI=1S/C17H15ClN2O4/c1-11(12-6-7-15-16(8-12)23-10-22-15)20-24-9-17(21)19-14-5-3-2-4-13(14)18/h2-8H,9-10H2,1H3,(H,19,21)/b20-11+. The maximum Gasteiger partial charge on any atom is 0.265 e. The van der Waals surface area contributed by atoms with E-state index in [4.69, 9.17) is 25.9 Å². The fourth-order valence-electron chi connectivity index (χ4n) is 2.11. The molecule has 1 amide bonds. The van der Waals surface area contributed by atoms with Crippen molar-refractivity contribution in [2.45, 2.75) is 6.92 Å². The number of rotatable bonds is 5. The molecule has 2 aromatic carbocycles. The molecule has 1 N–H and O–H groups in total. The predicted molar refractivity (Wildman–Crippen MR) is 90.8 cm³/mol. The minimum atomic E-state index is -0.342. The van der Waals surface area contributed by atoms with Gasteiger partial charge in [-0.05, 0) is 37.3 Å². The normalized spacial score (nSPS) is 12.8. The fourth-order valence-corrected chi connectivity index (χ4v) is 2.29. The molecular formula is C17H15ClN2O4. The van der Waals surface area contributed by atoms with Crippen molar-refractivity contribution in [2.24, 2.45) is 5.16 Å². The average Bonchev–Trinajstić information content (AvgIpc) is 3.04. The van der Waals surface area contributed by atoms with Crippen molar-refractivity contribution in [2.75, 3.05) is 18.7 Å². The summed E-state index contributed by atoms with van der Waals surface area (Å²) in [6, 6.07) is 12.4. The molecule has 0 saturated carbocycles. The lowest BCUT2D eigenvalue weighted by atomic mass is 10.1. The summed E-state index contributed by atoms with van der Waals surface area (Å²) in [6.45, 7) is 1.78. The number of amides is 1. The third-order valence-corrected chi connectivity index (χ3v) is 3.67. The molecule has 1 aliphatic heterocycles. The van der Waals surface area contributed by atoms with Crippen LogP contribution < -0.4 is 14.8 Å². The zero-order valence-corrected chi connectivity index (χ0v) is 13.7. The molecule has 1 heterocycles. The van der Waals surface area contributed by atoms with E-state index in [-0.39, 0.29) is 19.3 Å². The third-order valence-electron chi connectivity index (χ3n) is 3.34. The Morgan fingerprint density at radius 2 is 2.04 bits per heavy atom. The maximum atomic E-state index is 11.8. The Morgan fingerprint density at radius 3 is 2.88 bits per heavy atom. The highest BCUT2D eigenvalue weighted by atomic mass is 35.5. The highest BCUT2D eigenvalue weighted by Crippen LogP contribution is 2.32. The summed E-state index contributed by atoms with van der Waals surface area (Å²) in [7, 11) is 0. The molecule has 0 atom stereocenters. The van der Waals surface area contributed by atoms with Gasteiger partial charge in [-0.1, -0.05) is 28.9 Å². The van der Waals surface area contributed by atoms with Gasteiger partial charge >= 0.3 is 0 Å². The van der Waals surface area contributed by atoms with E-state index in [1.807, 2.05) is 12.1 Å². The number of nitrogens with one attached hydrogen (secondary N) is 1. The van der Waals surface area contributed by atoms with Crippen LogP contribution in [0.2, 0.25) is 5.02 Å². The van der Waals surface area contributed by atoms with Crippen LogP contribution >= 0.6 is 11.6 Å². The molecule has 0 aliphatic carbocycles. The quantitative estimate of drug-likeness (QED) is 0.665. The van der Waals surface area contributed by atoms with E-state index < -0.39 is 0 Å². The second-order valence-electron chi connectivity index (χ2n) is 5.05. The van der Waals surface area contributed by atoms with E-state index in [0.29, 0.717) is 27.9 Å². The number of nitrogens with zero attached hydrogens (tertiary/aromatic N) is 1. The molecule has 124 valence electrons. The molecule has 0 unspecified atom stereocenters. The summed E-state index contributed by atoms with van der Waals surface area (Å²) < 4.78 is 10.6. The lowest BCUT2D eigenvalue weighted by Gasteiger charge is -2.06. The van der Waals surface area contributed by atoms with Crippen LogP contribution in [-0.2, 0) is 9.63 Å². The number of para-hydroxylation sites is 1. The number of ether oxygens (including phenoxy) is 2. The molecule has 24 heavy (non-hydrogen) atoms. The van der Waals surface area contributed by atoms with E-state index in [0.717, 1.165) is 5.56 Å². The van der Waals surface area contributed by atoms with Crippen LogP contribution in [0, 0.1) is 0 Å². The number of halogens is 1. The second kappa shape index (κ2) is 7.23. The van der Waals surface area contributed by atoms with E-state index in [1.54, 1.807) is 37.3 Å². The van der Waals surface area contributed by atoms with Crippen LogP contribution in [0.25, 0.3) is 0 Å². The van der Waals surface area contributed by atoms with Gasteiger partial charge in [0, 0.05) is 5.56 Å². The number of benzene rings is 2. The molecule has 0 spiro atoms. The van der Waals surface area contributed by atoms with Gasteiger partial charge < -0.3 is 19.6 Å². The van der Waals surface area contributed by atoms with Crippen molar-refractivity contribution >= 4 is 28.9 Å². The molecule has 0 aromatic heterocycles. The molecule has 0 fully saturated rings. The van der Waals surface area contributed by atoms with Crippen LogP contribution in [0.1, 0.15) is 12.5 Å². The van der Waals surface area contributed by atoms with Gasteiger partial charge in [-0.2, -0.15) is 0 Å². The van der Waals surface area contributed by atoms with Crippen molar-refractivity contribution in [3.63, 3.8) is 0 Å². The zero-order chi connectivity index (χ0) is 16.9. The largest absolute Gasteiger partial charge is 0.454 e. The minimum Gasteiger partial charge on any atom is -0.454 e.